The fraction of sp³-hybridized carbons (Fsp3) is 0.938. The van der Waals surface area contributed by atoms with Crippen molar-refractivity contribution < 1.29 is 14.6 Å². The van der Waals surface area contributed by atoms with E-state index in [9.17, 15) is 9.90 Å². The molecule has 0 aliphatic carbocycles. The zero-order valence-corrected chi connectivity index (χ0v) is 15.2. The molecule has 0 saturated carbocycles. The summed E-state index contributed by atoms with van der Waals surface area (Å²) in [4.78, 5) is 15.3. The lowest BCUT2D eigenvalue weighted by molar-refractivity contribution is -0.165. The molecule has 134 valence electrons. The molecule has 0 bridgehead atoms. The summed E-state index contributed by atoms with van der Waals surface area (Å²) in [5, 5.41) is 14.3. The van der Waals surface area contributed by atoms with Gasteiger partial charge in [0, 0.05) is 4.91 Å². The van der Waals surface area contributed by atoms with E-state index in [0.717, 1.165) is 0 Å². The SMILES string of the molecule is CC(C)C[C@H](C(=O)OC(C)(C)C)C(O)C(CC(C)CN)N=[N+]=[N-]. The zero-order valence-electron chi connectivity index (χ0n) is 15.2. The maximum absolute atomic E-state index is 12.5. The summed E-state index contributed by atoms with van der Waals surface area (Å²) in [5.74, 6) is -0.911. The number of nitrogens with two attached hydrogens (primary N) is 1. The van der Waals surface area contributed by atoms with Crippen LogP contribution in [0.4, 0.5) is 0 Å². The van der Waals surface area contributed by atoms with Gasteiger partial charge in [-0.15, -0.1) is 0 Å². The van der Waals surface area contributed by atoms with Gasteiger partial charge in [-0.25, -0.2) is 0 Å². The second-order valence-electron chi connectivity index (χ2n) is 7.61. The lowest BCUT2D eigenvalue weighted by Crippen LogP contribution is -2.41. The number of rotatable bonds is 9. The molecule has 7 nitrogen and oxygen atoms in total. The average Bonchev–Trinajstić information content (AvgIpc) is 2.41. The third-order valence-corrected chi connectivity index (χ3v) is 3.49. The molecule has 3 N–H and O–H groups in total. The first-order chi connectivity index (χ1) is 10.5. The van der Waals surface area contributed by atoms with Crippen LogP contribution >= 0.6 is 0 Å². The minimum atomic E-state index is -1.09. The molecule has 7 heteroatoms. The molecule has 3 unspecified atom stereocenters. The highest BCUT2D eigenvalue weighted by Gasteiger charge is 2.36. The van der Waals surface area contributed by atoms with E-state index < -0.39 is 29.6 Å². The van der Waals surface area contributed by atoms with Crippen LogP contribution in [0.15, 0.2) is 5.11 Å². The average molecular weight is 328 g/mol. The van der Waals surface area contributed by atoms with Crippen molar-refractivity contribution in [3.8, 4) is 0 Å². The van der Waals surface area contributed by atoms with Crippen LogP contribution in [0.1, 0.15) is 54.4 Å². The van der Waals surface area contributed by atoms with Gasteiger partial charge < -0.3 is 15.6 Å². The Morgan fingerprint density at radius 2 is 1.87 bits per heavy atom. The van der Waals surface area contributed by atoms with E-state index in [4.69, 9.17) is 16.0 Å². The van der Waals surface area contributed by atoms with Gasteiger partial charge >= 0.3 is 5.97 Å². The molecular weight excluding hydrogens is 296 g/mol. The van der Waals surface area contributed by atoms with Crippen LogP contribution in [0.3, 0.4) is 0 Å². The molecule has 0 aromatic carbocycles. The van der Waals surface area contributed by atoms with Gasteiger partial charge in [-0.3, -0.25) is 4.79 Å². The van der Waals surface area contributed by atoms with Crippen LogP contribution in [-0.4, -0.2) is 35.4 Å². The molecule has 0 heterocycles. The van der Waals surface area contributed by atoms with Gasteiger partial charge in [0.1, 0.15) is 5.60 Å². The first-order valence-corrected chi connectivity index (χ1v) is 8.17. The Morgan fingerprint density at radius 1 is 1.30 bits per heavy atom. The van der Waals surface area contributed by atoms with E-state index >= 15 is 0 Å². The number of aliphatic hydroxyl groups is 1. The highest BCUT2D eigenvalue weighted by molar-refractivity contribution is 5.73. The Kier molecular flexibility index (Phi) is 9.20. The van der Waals surface area contributed by atoms with Crippen LogP contribution in [0.5, 0.6) is 0 Å². The fourth-order valence-corrected chi connectivity index (χ4v) is 2.36. The molecule has 0 saturated heterocycles. The van der Waals surface area contributed by atoms with Crippen molar-refractivity contribution in [2.75, 3.05) is 6.54 Å². The van der Waals surface area contributed by atoms with Crippen LogP contribution in [0.2, 0.25) is 0 Å². The first-order valence-electron chi connectivity index (χ1n) is 8.17. The van der Waals surface area contributed by atoms with Crippen LogP contribution < -0.4 is 5.73 Å². The Balaban J connectivity index is 5.32. The molecule has 0 spiro atoms. The largest absolute Gasteiger partial charge is 0.460 e. The summed E-state index contributed by atoms with van der Waals surface area (Å²) in [6.45, 7) is 11.6. The van der Waals surface area contributed by atoms with E-state index in [1.807, 2.05) is 20.8 Å². The Labute approximate surface area is 139 Å². The number of azide groups is 1. The second kappa shape index (κ2) is 9.75. The fourth-order valence-electron chi connectivity index (χ4n) is 2.36. The summed E-state index contributed by atoms with van der Waals surface area (Å²) < 4.78 is 5.42. The van der Waals surface area contributed by atoms with Gasteiger partial charge in [-0.1, -0.05) is 25.9 Å². The van der Waals surface area contributed by atoms with Gasteiger partial charge in [0.15, 0.2) is 0 Å². The topological polar surface area (TPSA) is 121 Å². The lowest BCUT2D eigenvalue weighted by atomic mass is 9.85. The van der Waals surface area contributed by atoms with Gasteiger partial charge in [0.2, 0.25) is 0 Å². The highest BCUT2D eigenvalue weighted by atomic mass is 16.6. The predicted octanol–water partition coefficient (Wildman–Crippen LogP) is 3.02. The quantitative estimate of drug-likeness (QED) is 0.292. The van der Waals surface area contributed by atoms with Crippen LogP contribution in [0, 0.1) is 17.8 Å². The minimum Gasteiger partial charge on any atom is -0.460 e. The maximum atomic E-state index is 12.5. The van der Waals surface area contributed by atoms with Crippen molar-refractivity contribution in [1.29, 1.82) is 0 Å². The molecule has 0 rings (SSSR count). The van der Waals surface area contributed by atoms with Crippen molar-refractivity contribution in [2.45, 2.75) is 72.1 Å². The molecule has 0 fully saturated rings. The monoisotopic (exact) mass is 328 g/mol. The predicted molar refractivity (Wildman–Crippen MR) is 90.6 cm³/mol. The number of hydrogen-bond donors (Lipinski definition) is 2. The Morgan fingerprint density at radius 3 is 2.26 bits per heavy atom. The minimum absolute atomic E-state index is 0.0819. The Bertz CT molecular complexity index is 414. The van der Waals surface area contributed by atoms with Crippen molar-refractivity contribution in [3.63, 3.8) is 0 Å². The molecule has 0 aromatic heterocycles. The van der Waals surface area contributed by atoms with Crippen molar-refractivity contribution >= 4 is 5.97 Å². The van der Waals surface area contributed by atoms with Crippen molar-refractivity contribution in [2.24, 2.45) is 28.6 Å². The van der Waals surface area contributed by atoms with E-state index in [2.05, 4.69) is 10.0 Å². The molecule has 4 atom stereocenters. The maximum Gasteiger partial charge on any atom is 0.312 e. The van der Waals surface area contributed by atoms with E-state index in [1.54, 1.807) is 20.8 Å². The number of ether oxygens (including phenoxy) is 1. The van der Waals surface area contributed by atoms with E-state index in [-0.39, 0.29) is 11.8 Å². The normalized spacial score (nSPS) is 17.1. The number of carbonyl (C=O) groups excluding carboxylic acids is 1. The first kappa shape index (κ1) is 21.7. The second-order valence-corrected chi connectivity index (χ2v) is 7.61. The number of hydrogen-bond acceptors (Lipinski definition) is 5. The van der Waals surface area contributed by atoms with E-state index in [1.165, 1.54) is 0 Å². The van der Waals surface area contributed by atoms with Crippen molar-refractivity contribution in [1.82, 2.24) is 0 Å². The molecule has 0 amide bonds. The molecule has 0 aliphatic rings. The highest BCUT2D eigenvalue weighted by Crippen LogP contribution is 2.26. The zero-order chi connectivity index (χ0) is 18.2. The number of carbonyl (C=O) groups is 1. The standard InChI is InChI=1S/C16H32N4O3/c1-10(2)7-12(15(22)23-16(4,5)6)14(21)13(19-20-18)8-11(3)9-17/h10-14,21H,7-9,17H2,1-6H3/t11?,12-,13?,14?/m0/s1. The molecule has 0 aliphatic heterocycles. The Hall–Kier alpha value is -1.30. The van der Waals surface area contributed by atoms with Crippen LogP contribution in [-0.2, 0) is 9.53 Å². The summed E-state index contributed by atoms with van der Waals surface area (Å²) in [7, 11) is 0. The van der Waals surface area contributed by atoms with E-state index in [0.29, 0.717) is 19.4 Å². The third-order valence-electron chi connectivity index (χ3n) is 3.49. The van der Waals surface area contributed by atoms with Gasteiger partial charge in [-0.2, -0.15) is 0 Å². The van der Waals surface area contributed by atoms with Gasteiger partial charge in [0.25, 0.3) is 0 Å². The molecule has 23 heavy (non-hydrogen) atoms. The molecule has 0 radical (unpaired) electrons. The van der Waals surface area contributed by atoms with Gasteiger partial charge in [-0.05, 0) is 57.5 Å². The molecular formula is C16H32N4O3. The number of nitrogens with zero attached hydrogens (tertiary/aromatic N) is 3. The summed E-state index contributed by atoms with van der Waals surface area (Å²) >= 11 is 0. The third kappa shape index (κ3) is 8.79. The number of aliphatic hydroxyl groups excluding tert-OH is 1. The van der Waals surface area contributed by atoms with Crippen LogP contribution in [0.25, 0.3) is 10.4 Å². The summed E-state index contributed by atoms with van der Waals surface area (Å²) in [6.07, 6.45) is -0.193. The number of esters is 1. The summed E-state index contributed by atoms with van der Waals surface area (Å²) in [5.41, 5.74) is 13.7. The summed E-state index contributed by atoms with van der Waals surface area (Å²) in [6, 6.07) is -0.699. The van der Waals surface area contributed by atoms with Gasteiger partial charge in [0.05, 0.1) is 18.1 Å². The smallest absolute Gasteiger partial charge is 0.312 e. The molecule has 0 aromatic rings. The lowest BCUT2D eigenvalue weighted by Gasteiger charge is -2.31. The van der Waals surface area contributed by atoms with Crippen molar-refractivity contribution in [3.05, 3.63) is 10.4 Å².